The fourth-order valence-corrected chi connectivity index (χ4v) is 2.18. The highest BCUT2D eigenvalue weighted by molar-refractivity contribution is 8.06. The smallest absolute Gasteiger partial charge is 0.359 e. The molecule has 3 N–H and O–H groups in total. The second-order valence-corrected chi connectivity index (χ2v) is 5.93. The number of aliphatic imine (C=N–C) groups is 1. The van der Waals surface area contributed by atoms with Gasteiger partial charge in [-0.1, -0.05) is 30.9 Å². The number of carbonyl (C=O) groups excluding carboxylic acids is 1. The van der Waals surface area contributed by atoms with Crippen LogP contribution >= 0.6 is 0 Å². The molecule has 0 saturated carbocycles. The van der Waals surface area contributed by atoms with E-state index < -0.39 is 11.2 Å². The van der Waals surface area contributed by atoms with Crippen molar-refractivity contribution in [3.63, 3.8) is 0 Å². The summed E-state index contributed by atoms with van der Waals surface area (Å²) in [4.78, 5) is 15.4. The standard InChI is InChI=1S/C17H19N3O2S/c1-4-15(20-17(18)19)7-5-6-12(2)13-8-10-14(11-9-13)16(21)23(3)22/h4-11H,1H2,2-3H3,(H3,18,19)/b7-5-,12-6+,20-15+. The van der Waals surface area contributed by atoms with Gasteiger partial charge in [0.15, 0.2) is 0 Å². The van der Waals surface area contributed by atoms with E-state index >= 15 is 0 Å². The molecule has 5 nitrogen and oxygen atoms in total. The summed E-state index contributed by atoms with van der Waals surface area (Å²) in [6.45, 7) is 5.52. The summed E-state index contributed by atoms with van der Waals surface area (Å²) < 4.78 is 11.2. The van der Waals surface area contributed by atoms with Crippen LogP contribution in [0.1, 0.15) is 22.8 Å². The number of nitrogens with zero attached hydrogens (tertiary/aromatic N) is 1. The molecular formula is C17H19N3O2S. The van der Waals surface area contributed by atoms with Crippen molar-refractivity contribution in [3.8, 4) is 0 Å². The van der Waals surface area contributed by atoms with Crippen LogP contribution in [-0.4, -0.2) is 27.6 Å². The van der Waals surface area contributed by atoms with E-state index in [-0.39, 0.29) is 11.1 Å². The van der Waals surface area contributed by atoms with E-state index in [1.165, 1.54) is 12.3 Å². The highest BCUT2D eigenvalue weighted by atomic mass is 32.2. The molecule has 0 saturated heterocycles. The molecule has 0 bridgehead atoms. The molecule has 1 aromatic carbocycles. The Morgan fingerprint density at radius 3 is 2.39 bits per heavy atom. The van der Waals surface area contributed by atoms with Crippen molar-refractivity contribution < 1.29 is 9.35 Å². The first-order valence-corrected chi connectivity index (χ1v) is 8.29. The molecule has 0 aliphatic carbocycles. The predicted molar refractivity (Wildman–Crippen MR) is 97.2 cm³/mol. The van der Waals surface area contributed by atoms with Gasteiger partial charge in [0.2, 0.25) is 5.96 Å². The van der Waals surface area contributed by atoms with E-state index in [0.29, 0.717) is 11.3 Å². The lowest BCUT2D eigenvalue weighted by atomic mass is 10.1. The molecule has 0 heterocycles. The number of nitrogens with one attached hydrogen (secondary N) is 1. The van der Waals surface area contributed by atoms with Gasteiger partial charge in [0.1, 0.15) is 6.26 Å². The zero-order valence-corrected chi connectivity index (χ0v) is 13.9. The zero-order valence-electron chi connectivity index (χ0n) is 13.1. The second kappa shape index (κ2) is 8.87. The Morgan fingerprint density at radius 2 is 1.91 bits per heavy atom. The van der Waals surface area contributed by atoms with Crippen LogP contribution in [0, 0.1) is 5.41 Å². The van der Waals surface area contributed by atoms with Gasteiger partial charge in [-0.05, 0) is 42.3 Å². The van der Waals surface area contributed by atoms with Gasteiger partial charge < -0.3 is 10.3 Å². The van der Waals surface area contributed by atoms with Gasteiger partial charge in [-0.2, -0.15) is 0 Å². The molecule has 1 unspecified atom stereocenters. The number of hydrogen-bond acceptors (Lipinski definition) is 3. The SMILES string of the molecule is C=CC(/C=C\C=C(/C)c1ccc(C(=O)[S+](C)[O-])cc1)=N\C(=N)N. The van der Waals surface area contributed by atoms with Gasteiger partial charge in [0, 0.05) is 11.2 Å². The molecule has 1 atom stereocenters. The summed E-state index contributed by atoms with van der Waals surface area (Å²) in [7, 11) is 0. The van der Waals surface area contributed by atoms with Crippen LogP contribution in [0.5, 0.6) is 0 Å². The van der Waals surface area contributed by atoms with Gasteiger partial charge >= 0.3 is 5.12 Å². The van der Waals surface area contributed by atoms with E-state index in [1.54, 1.807) is 36.4 Å². The molecule has 0 fully saturated rings. The zero-order chi connectivity index (χ0) is 17.4. The molecule has 6 heteroatoms. The lowest BCUT2D eigenvalue weighted by Crippen LogP contribution is -2.12. The van der Waals surface area contributed by atoms with E-state index in [0.717, 1.165) is 11.1 Å². The van der Waals surface area contributed by atoms with E-state index in [9.17, 15) is 9.35 Å². The van der Waals surface area contributed by atoms with Crippen LogP contribution in [0.2, 0.25) is 0 Å². The topological polar surface area (TPSA) is 102 Å². The predicted octanol–water partition coefficient (Wildman–Crippen LogP) is 2.69. The third-order valence-electron chi connectivity index (χ3n) is 2.91. The van der Waals surface area contributed by atoms with Gasteiger partial charge in [-0.15, -0.1) is 0 Å². The fourth-order valence-electron chi connectivity index (χ4n) is 1.71. The van der Waals surface area contributed by atoms with Crippen LogP contribution in [-0.2, 0) is 11.2 Å². The maximum absolute atomic E-state index is 11.6. The molecule has 120 valence electrons. The normalized spacial score (nSPS) is 13.9. The number of allylic oxidation sites excluding steroid dienone is 5. The van der Waals surface area contributed by atoms with E-state index in [2.05, 4.69) is 11.6 Å². The summed E-state index contributed by atoms with van der Waals surface area (Å²) >= 11 is -1.51. The molecule has 1 aromatic rings. The van der Waals surface area contributed by atoms with E-state index in [1.807, 2.05) is 13.0 Å². The molecule has 0 radical (unpaired) electrons. The van der Waals surface area contributed by atoms with Crippen molar-refractivity contribution in [1.82, 2.24) is 0 Å². The minimum Gasteiger partial charge on any atom is -0.609 e. The lowest BCUT2D eigenvalue weighted by Gasteiger charge is -2.04. The number of hydrogen-bond donors (Lipinski definition) is 2. The Morgan fingerprint density at radius 1 is 1.35 bits per heavy atom. The summed E-state index contributed by atoms with van der Waals surface area (Å²) in [6.07, 6.45) is 8.21. The van der Waals surface area contributed by atoms with Crippen molar-refractivity contribution in [1.29, 1.82) is 5.41 Å². The van der Waals surface area contributed by atoms with Gasteiger partial charge in [-0.25, -0.2) is 9.79 Å². The third kappa shape index (κ3) is 6.06. The summed E-state index contributed by atoms with van der Waals surface area (Å²) in [5.41, 5.74) is 8.04. The molecule has 0 aliphatic rings. The molecule has 0 aromatic heterocycles. The number of guanidine groups is 1. The summed E-state index contributed by atoms with van der Waals surface area (Å²) in [6, 6.07) is 6.93. The monoisotopic (exact) mass is 329 g/mol. The Kier molecular flexibility index (Phi) is 7.18. The second-order valence-electron chi connectivity index (χ2n) is 4.65. The average molecular weight is 329 g/mol. The molecule has 0 spiro atoms. The first kappa shape index (κ1) is 18.6. The van der Waals surface area contributed by atoms with Crippen LogP contribution < -0.4 is 5.73 Å². The van der Waals surface area contributed by atoms with Crippen LogP contribution in [0.25, 0.3) is 5.57 Å². The maximum atomic E-state index is 11.6. The molecular weight excluding hydrogens is 310 g/mol. The number of carbonyl (C=O) groups is 1. The lowest BCUT2D eigenvalue weighted by molar-refractivity contribution is 0.107. The molecule has 23 heavy (non-hydrogen) atoms. The van der Waals surface area contributed by atoms with Crippen molar-refractivity contribution in [3.05, 3.63) is 66.3 Å². The maximum Gasteiger partial charge on any atom is 0.359 e. The first-order chi connectivity index (χ1) is 10.8. The Balaban J connectivity index is 2.88. The quantitative estimate of drug-likeness (QED) is 0.376. The number of benzene rings is 1. The molecule has 1 rings (SSSR count). The minimum absolute atomic E-state index is 0.279. The van der Waals surface area contributed by atoms with Crippen molar-refractivity contribution in [2.45, 2.75) is 6.92 Å². The fraction of sp³-hybridized carbons (Fsp3) is 0.118. The Bertz CT molecular complexity index is 686. The highest BCUT2D eigenvalue weighted by Crippen LogP contribution is 2.16. The van der Waals surface area contributed by atoms with Gasteiger partial charge in [-0.3, -0.25) is 5.41 Å². The minimum atomic E-state index is -1.51. The van der Waals surface area contributed by atoms with Gasteiger partial charge in [0.05, 0.1) is 11.3 Å². The van der Waals surface area contributed by atoms with Crippen molar-refractivity contribution in [2.24, 2.45) is 10.7 Å². The molecule has 0 aliphatic heterocycles. The van der Waals surface area contributed by atoms with E-state index in [4.69, 9.17) is 11.1 Å². The largest absolute Gasteiger partial charge is 0.609 e. The third-order valence-corrected chi connectivity index (χ3v) is 3.67. The number of nitrogens with two attached hydrogens (primary N) is 1. The van der Waals surface area contributed by atoms with Crippen LogP contribution in [0.3, 0.4) is 0 Å². The first-order valence-electron chi connectivity index (χ1n) is 6.73. The van der Waals surface area contributed by atoms with Crippen molar-refractivity contribution >= 4 is 33.5 Å². The average Bonchev–Trinajstić information content (AvgIpc) is 2.52. The molecule has 0 amide bonds. The summed E-state index contributed by atoms with van der Waals surface area (Å²) in [5.74, 6) is -0.279. The van der Waals surface area contributed by atoms with Gasteiger partial charge in [0.25, 0.3) is 0 Å². The van der Waals surface area contributed by atoms with Crippen LogP contribution in [0.4, 0.5) is 0 Å². The van der Waals surface area contributed by atoms with Crippen molar-refractivity contribution in [2.75, 3.05) is 6.26 Å². The van der Waals surface area contributed by atoms with Crippen LogP contribution in [0.15, 0.2) is 60.1 Å². The summed E-state index contributed by atoms with van der Waals surface area (Å²) in [5, 5.41) is 6.73. The Hall–Kier alpha value is -2.44. The number of rotatable bonds is 5. The highest BCUT2D eigenvalue weighted by Gasteiger charge is 2.15. The Labute approximate surface area is 139 Å².